The number of amides is 1. The Kier molecular flexibility index (Phi) is 6.14. The normalized spacial score (nSPS) is 17.9. The number of fused-ring (bicyclic) bond motifs is 1. The summed E-state index contributed by atoms with van der Waals surface area (Å²) in [5, 5.41) is 6.26. The maximum absolute atomic E-state index is 14.2. The Morgan fingerprint density at radius 2 is 1.78 bits per heavy atom. The molecule has 11 heteroatoms. The molecule has 9 nitrogen and oxygen atoms in total. The van der Waals surface area contributed by atoms with Crippen LogP contribution < -0.4 is 10.6 Å². The van der Waals surface area contributed by atoms with Crippen molar-refractivity contribution < 1.29 is 13.6 Å². The molecule has 2 aliphatic carbocycles. The van der Waals surface area contributed by atoms with Crippen molar-refractivity contribution in [2.24, 2.45) is 5.92 Å². The summed E-state index contributed by atoms with van der Waals surface area (Å²) >= 11 is 0. The minimum absolute atomic E-state index is 0.0633. The van der Waals surface area contributed by atoms with E-state index in [0.29, 0.717) is 29.1 Å². The van der Waals surface area contributed by atoms with Crippen LogP contribution in [0.2, 0.25) is 0 Å². The van der Waals surface area contributed by atoms with Gasteiger partial charge >= 0.3 is 0 Å². The van der Waals surface area contributed by atoms with Gasteiger partial charge in [0.2, 0.25) is 0 Å². The lowest BCUT2D eigenvalue weighted by Gasteiger charge is -2.14. The number of aromatic nitrogens is 6. The van der Waals surface area contributed by atoms with Crippen molar-refractivity contribution in [3.63, 3.8) is 0 Å². The number of nitrogens with one attached hydrogen (secondary N) is 2. The number of aryl methyl sites for hydroxylation is 1. The van der Waals surface area contributed by atoms with Gasteiger partial charge in [0.15, 0.2) is 0 Å². The van der Waals surface area contributed by atoms with E-state index in [4.69, 9.17) is 4.98 Å². The first kappa shape index (κ1) is 25.2. The number of halogens is 2. The van der Waals surface area contributed by atoms with E-state index in [2.05, 4.69) is 35.1 Å². The first-order chi connectivity index (χ1) is 19.9. The number of nitrogens with zero attached hydrogens (tertiary/aromatic N) is 6. The standard InChI is InChI=1S/C30H26F2N8O/c1-16-21(12-33-14-35-16)30(41)39-23-6-2-18(31)10-27(23)37-25-8-17(25)9-26-22(13-34-15-36-26)29-38-24-7-3-19(32)11-28(24)40(29)20-4-5-20/h2-3,6-7,10-15,17,20,25,37H,4-5,8-9H2,1H3,(H,39,41). The van der Waals surface area contributed by atoms with Crippen LogP contribution in [-0.2, 0) is 6.42 Å². The summed E-state index contributed by atoms with van der Waals surface area (Å²) in [6, 6.07) is 9.25. The summed E-state index contributed by atoms with van der Waals surface area (Å²) in [6.07, 6.45) is 9.71. The lowest BCUT2D eigenvalue weighted by atomic mass is 10.1. The van der Waals surface area contributed by atoms with Gasteiger partial charge in [-0.1, -0.05) is 0 Å². The van der Waals surface area contributed by atoms with Crippen LogP contribution in [0.3, 0.4) is 0 Å². The predicted molar refractivity (Wildman–Crippen MR) is 149 cm³/mol. The van der Waals surface area contributed by atoms with Crippen LogP contribution in [0.5, 0.6) is 0 Å². The molecule has 3 aromatic heterocycles. The Bertz CT molecular complexity index is 1800. The molecule has 41 heavy (non-hydrogen) atoms. The number of rotatable bonds is 8. The molecular weight excluding hydrogens is 526 g/mol. The van der Waals surface area contributed by atoms with Crippen molar-refractivity contribution in [1.82, 2.24) is 29.5 Å². The lowest BCUT2D eigenvalue weighted by molar-refractivity contribution is 0.102. The number of carbonyl (C=O) groups excluding carboxylic acids is 1. The zero-order valence-corrected chi connectivity index (χ0v) is 22.2. The Hall–Kier alpha value is -4.80. The molecule has 2 saturated carbocycles. The molecule has 206 valence electrons. The van der Waals surface area contributed by atoms with Crippen molar-refractivity contribution in [2.75, 3.05) is 10.6 Å². The van der Waals surface area contributed by atoms with E-state index in [0.717, 1.165) is 47.4 Å². The average Bonchev–Trinajstić information content (AvgIpc) is 3.89. The molecule has 0 bridgehead atoms. The van der Waals surface area contributed by atoms with Gasteiger partial charge in [-0.15, -0.1) is 0 Å². The molecule has 2 atom stereocenters. The largest absolute Gasteiger partial charge is 0.380 e. The molecule has 7 rings (SSSR count). The summed E-state index contributed by atoms with van der Waals surface area (Å²) in [5.41, 5.74) is 5.09. The Morgan fingerprint density at radius 3 is 2.61 bits per heavy atom. The number of hydrogen-bond acceptors (Lipinski definition) is 7. The molecule has 2 fully saturated rings. The van der Waals surface area contributed by atoms with E-state index < -0.39 is 5.82 Å². The third-order valence-corrected chi connectivity index (χ3v) is 7.70. The van der Waals surface area contributed by atoms with Gasteiger partial charge in [0, 0.05) is 24.5 Å². The minimum Gasteiger partial charge on any atom is -0.380 e. The minimum atomic E-state index is -0.407. The van der Waals surface area contributed by atoms with Crippen molar-refractivity contribution in [3.8, 4) is 11.4 Å². The zero-order valence-electron chi connectivity index (χ0n) is 22.2. The Balaban J connectivity index is 1.11. The highest BCUT2D eigenvalue weighted by atomic mass is 19.1. The van der Waals surface area contributed by atoms with Crippen molar-refractivity contribution in [2.45, 2.75) is 44.7 Å². The molecule has 5 aromatic rings. The molecular formula is C30H26F2N8O. The second kappa shape index (κ2) is 9.99. The molecule has 3 heterocycles. The molecule has 2 N–H and O–H groups in total. The summed E-state index contributed by atoms with van der Waals surface area (Å²) < 4.78 is 30.4. The van der Waals surface area contributed by atoms with Gasteiger partial charge in [0.25, 0.3) is 5.91 Å². The van der Waals surface area contributed by atoms with Gasteiger partial charge in [-0.2, -0.15) is 0 Å². The first-order valence-corrected chi connectivity index (χ1v) is 13.6. The van der Waals surface area contributed by atoms with Crippen LogP contribution in [-0.4, -0.2) is 41.4 Å². The van der Waals surface area contributed by atoms with Gasteiger partial charge in [0.1, 0.15) is 30.1 Å². The molecule has 1 amide bonds. The van der Waals surface area contributed by atoms with Gasteiger partial charge in [-0.25, -0.2) is 33.7 Å². The summed E-state index contributed by atoms with van der Waals surface area (Å²) in [7, 11) is 0. The molecule has 2 aromatic carbocycles. The Labute approximate surface area is 234 Å². The first-order valence-electron chi connectivity index (χ1n) is 13.6. The fourth-order valence-corrected chi connectivity index (χ4v) is 5.31. The summed E-state index contributed by atoms with van der Waals surface area (Å²) in [6.45, 7) is 1.73. The van der Waals surface area contributed by atoms with E-state index in [1.807, 2.05) is 0 Å². The fourth-order valence-electron chi connectivity index (χ4n) is 5.31. The third kappa shape index (κ3) is 4.99. The highest BCUT2D eigenvalue weighted by Gasteiger charge is 2.39. The second-order valence-electron chi connectivity index (χ2n) is 10.7. The zero-order chi connectivity index (χ0) is 28.1. The van der Waals surface area contributed by atoms with Gasteiger partial charge in [-0.05, 0) is 74.9 Å². The molecule has 2 aliphatic rings. The second-order valence-corrected chi connectivity index (χ2v) is 10.7. The van der Waals surface area contributed by atoms with E-state index in [1.54, 1.807) is 25.3 Å². The highest BCUT2D eigenvalue weighted by molar-refractivity contribution is 6.06. The smallest absolute Gasteiger partial charge is 0.259 e. The number of imidazole rings is 1. The molecule has 0 saturated heterocycles. The van der Waals surface area contributed by atoms with Crippen LogP contribution in [0.4, 0.5) is 20.2 Å². The average molecular weight is 553 g/mol. The van der Waals surface area contributed by atoms with Crippen LogP contribution in [0.25, 0.3) is 22.4 Å². The molecule has 0 aliphatic heterocycles. The number of benzene rings is 2. The molecule has 2 unspecified atom stereocenters. The highest BCUT2D eigenvalue weighted by Crippen LogP contribution is 2.43. The van der Waals surface area contributed by atoms with Crippen LogP contribution in [0.1, 0.15) is 47.1 Å². The SMILES string of the molecule is Cc1ncncc1C(=O)Nc1ccc(F)cc1NC1CC1Cc1ncncc1-c1nc2ccc(F)cc2n1C1CC1. The third-order valence-electron chi connectivity index (χ3n) is 7.70. The number of anilines is 2. The van der Waals surface area contributed by atoms with Gasteiger partial charge in [-0.3, -0.25) is 4.79 Å². The molecule has 0 radical (unpaired) electrons. The fraction of sp³-hybridized carbons (Fsp3) is 0.267. The van der Waals surface area contributed by atoms with Crippen LogP contribution in [0.15, 0.2) is 61.4 Å². The summed E-state index contributed by atoms with van der Waals surface area (Å²) in [4.78, 5) is 34.6. The maximum Gasteiger partial charge on any atom is 0.259 e. The van der Waals surface area contributed by atoms with E-state index in [1.165, 1.54) is 43.1 Å². The van der Waals surface area contributed by atoms with Gasteiger partial charge < -0.3 is 15.2 Å². The van der Waals surface area contributed by atoms with Crippen LogP contribution >= 0.6 is 0 Å². The van der Waals surface area contributed by atoms with Gasteiger partial charge in [0.05, 0.1) is 44.9 Å². The monoisotopic (exact) mass is 552 g/mol. The topological polar surface area (TPSA) is 111 Å². The van der Waals surface area contributed by atoms with E-state index in [9.17, 15) is 13.6 Å². The van der Waals surface area contributed by atoms with E-state index >= 15 is 0 Å². The maximum atomic E-state index is 14.2. The molecule has 0 spiro atoms. The van der Waals surface area contributed by atoms with E-state index in [-0.39, 0.29) is 29.7 Å². The number of hydrogen-bond donors (Lipinski definition) is 2. The van der Waals surface area contributed by atoms with Crippen molar-refractivity contribution in [3.05, 3.63) is 90.0 Å². The Morgan fingerprint density at radius 1 is 1.00 bits per heavy atom. The summed E-state index contributed by atoms with van der Waals surface area (Å²) in [5.74, 6) is -0.0763. The quantitative estimate of drug-likeness (QED) is 0.262. The van der Waals surface area contributed by atoms with Crippen LogP contribution in [0, 0.1) is 24.5 Å². The van der Waals surface area contributed by atoms with Crippen molar-refractivity contribution in [1.29, 1.82) is 0 Å². The number of carbonyl (C=O) groups is 1. The lowest BCUT2D eigenvalue weighted by Crippen LogP contribution is -2.17. The van der Waals surface area contributed by atoms with Crippen molar-refractivity contribution >= 4 is 28.3 Å². The predicted octanol–water partition coefficient (Wildman–Crippen LogP) is 5.50.